The zero-order valence-electron chi connectivity index (χ0n) is 18.4. The van der Waals surface area contributed by atoms with Crippen molar-refractivity contribution in [3.05, 3.63) is 70.4 Å². The minimum absolute atomic E-state index is 0.0135. The van der Waals surface area contributed by atoms with Gasteiger partial charge in [-0.3, -0.25) is 0 Å². The molecule has 2 aromatic carbocycles. The van der Waals surface area contributed by atoms with Crippen LogP contribution in [0.3, 0.4) is 0 Å². The SMILES string of the molecule is CCOc1ccc([C@@H]2NC(=O)NC(CS(=O)(=O)c3cc(C)ccc3C)=C2C(=O)OC)cc1. The molecule has 0 unspecified atom stereocenters. The molecule has 0 spiro atoms. The van der Waals surface area contributed by atoms with Crippen LogP contribution in [0.25, 0.3) is 0 Å². The van der Waals surface area contributed by atoms with E-state index in [0.29, 0.717) is 23.5 Å². The van der Waals surface area contributed by atoms with E-state index < -0.39 is 33.6 Å². The van der Waals surface area contributed by atoms with E-state index in [2.05, 4.69) is 10.6 Å². The Kier molecular flexibility index (Phi) is 6.88. The van der Waals surface area contributed by atoms with Gasteiger partial charge in [-0.05, 0) is 55.7 Å². The quantitative estimate of drug-likeness (QED) is 0.617. The fourth-order valence-electron chi connectivity index (χ4n) is 3.57. The summed E-state index contributed by atoms with van der Waals surface area (Å²) >= 11 is 0. The average molecular weight is 459 g/mol. The first-order valence-electron chi connectivity index (χ1n) is 10.1. The van der Waals surface area contributed by atoms with Crippen LogP contribution in [-0.2, 0) is 19.4 Å². The van der Waals surface area contributed by atoms with Gasteiger partial charge in [0.05, 0.1) is 36.0 Å². The van der Waals surface area contributed by atoms with Crippen molar-refractivity contribution in [2.45, 2.75) is 31.7 Å². The molecule has 0 saturated carbocycles. The summed E-state index contributed by atoms with van der Waals surface area (Å²) in [5.74, 6) is -0.650. The Balaban J connectivity index is 2.08. The molecular weight excluding hydrogens is 432 g/mol. The van der Waals surface area contributed by atoms with Crippen molar-refractivity contribution >= 4 is 21.8 Å². The number of methoxy groups -OCH3 is 1. The molecule has 0 aromatic heterocycles. The first-order valence-corrected chi connectivity index (χ1v) is 11.7. The number of urea groups is 1. The van der Waals surface area contributed by atoms with E-state index in [1.54, 1.807) is 50.2 Å². The summed E-state index contributed by atoms with van der Waals surface area (Å²) in [4.78, 5) is 25.2. The van der Waals surface area contributed by atoms with Gasteiger partial charge in [-0.15, -0.1) is 0 Å². The zero-order valence-corrected chi connectivity index (χ0v) is 19.2. The van der Waals surface area contributed by atoms with E-state index in [9.17, 15) is 18.0 Å². The summed E-state index contributed by atoms with van der Waals surface area (Å²) in [5.41, 5.74) is 1.98. The van der Waals surface area contributed by atoms with Crippen LogP contribution >= 0.6 is 0 Å². The molecule has 2 N–H and O–H groups in total. The van der Waals surface area contributed by atoms with E-state index in [4.69, 9.17) is 9.47 Å². The minimum atomic E-state index is -3.86. The van der Waals surface area contributed by atoms with Gasteiger partial charge in [0.1, 0.15) is 5.75 Å². The normalized spacial score (nSPS) is 16.2. The number of rotatable bonds is 7. The van der Waals surface area contributed by atoms with E-state index in [-0.39, 0.29) is 16.2 Å². The Hall–Kier alpha value is -3.33. The smallest absolute Gasteiger partial charge is 0.338 e. The van der Waals surface area contributed by atoms with Crippen molar-refractivity contribution in [1.82, 2.24) is 10.6 Å². The fraction of sp³-hybridized carbons (Fsp3) is 0.304. The second-order valence-electron chi connectivity index (χ2n) is 7.45. The van der Waals surface area contributed by atoms with Gasteiger partial charge in [-0.25, -0.2) is 18.0 Å². The summed E-state index contributed by atoms with van der Waals surface area (Å²) in [6, 6.07) is 10.5. The van der Waals surface area contributed by atoms with Crippen molar-refractivity contribution in [3.8, 4) is 5.75 Å². The molecule has 8 nitrogen and oxygen atoms in total. The summed E-state index contributed by atoms with van der Waals surface area (Å²) in [6.45, 7) is 5.86. The zero-order chi connectivity index (χ0) is 23.5. The maximum absolute atomic E-state index is 13.2. The van der Waals surface area contributed by atoms with E-state index in [1.807, 2.05) is 13.0 Å². The highest BCUT2D eigenvalue weighted by molar-refractivity contribution is 7.91. The van der Waals surface area contributed by atoms with Gasteiger partial charge in [0.2, 0.25) is 0 Å². The van der Waals surface area contributed by atoms with Gasteiger partial charge in [0, 0.05) is 5.70 Å². The highest BCUT2D eigenvalue weighted by atomic mass is 32.2. The molecule has 1 aliphatic rings. The minimum Gasteiger partial charge on any atom is -0.494 e. The summed E-state index contributed by atoms with van der Waals surface area (Å²) < 4.78 is 36.8. The van der Waals surface area contributed by atoms with E-state index in [1.165, 1.54) is 7.11 Å². The standard InChI is InChI=1S/C23H26N2O6S/c1-5-31-17-10-8-16(9-11-17)21-20(22(26)30-4)18(24-23(27)25-21)13-32(28,29)19-12-14(2)6-7-15(19)3/h6-12,21H,5,13H2,1-4H3,(H2,24,25,27)/t21-/m0/s1. The molecule has 1 aliphatic heterocycles. The molecule has 0 fully saturated rings. The number of amides is 2. The van der Waals surface area contributed by atoms with Gasteiger partial charge < -0.3 is 20.1 Å². The topological polar surface area (TPSA) is 111 Å². The molecule has 0 radical (unpaired) electrons. The number of sulfone groups is 1. The molecule has 0 bridgehead atoms. The number of carbonyl (C=O) groups excluding carboxylic acids is 2. The highest BCUT2D eigenvalue weighted by Gasteiger charge is 2.35. The van der Waals surface area contributed by atoms with Gasteiger partial charge in [0.15, 0.2) is 9.84 Å². The van der Waals surface area contributed by atoms with E-state index in [0.717, 1.165) is 5.56 Å². The number of ether oxygens (including phenoxy) is 2. The Morgan fingerprint density at radius 2 is 1.78 bits per heavy atom. The number of hydrogen-bond acceptors (Lipinski definition) is 6. The predicted molar refractivity (Wildman–Crippen MR) is 119 cm³/mol. The lowest BCUT2D eigenvalue weighted by Crippen LogP contribution is -2.47. The van der Waals surface area contributed by atoms with Crippen LogP contribution < -0.4 is 15.4 Å². The monoisotopic (exact) mass is 458 g/mol. The van der Waals surface area contributed by atoms with Gasteiger partial charge in [-0.2, -0.15) is 0 Å². The van der Waals surface area contributed by atoms with Crippen LogP contribution in [0.4, 0.5) is 4.79 Å². The van der Waals surface area contributed by atoms with Crippen LogP contribution in [0.2, 0.25) is 0 Å². The average Bonchev–Trinajstić information content (AvgIpc) is 2.75. The molecule has 32 heavy (non-hydrogen) atoms. The molecule has 0 saturated heterocycles. The Bertz CT molecular complexity index is 1170. The predicted octanol–water partition coefficient (Wildman–Crippen LogP) is 2.96. The Morgan fingerprint density at radius 1 is 1.09 bits per heavy atom. The molecule has 1 atom stereocenters. The molecule has 1 heterocycles. The first kappa shape index (κ1) is 23.3. The number of aryl methyl sites for hydroxylation is 2. The maximum Gasteiger partial charge on any atom is 0.338 e. The lowest BCUT2D eigenvalue weighted by molar-refractivity contribution is -0.136. The summed E-state index contributed by atoms with van der Waals surface area (Å²) in [5, 5.41) is 5.18. The van der Waals surface area contributed by atoms with Crippen molar-refractivity contribution in [2.24, 2.45) is 0 Å². The van der Waals surface area contributed by atoms with Crippen LogP contribution in [0.1, 0.15) is 29.7 Å². The van der Waals surface area contributed by atoms with Gasteiger partial charge in [-0.1, -0.05) is 24.3 Å². The maximum atomic E-state index is 13.2. The van der Waals surface area contributed by atoms with Crippen LogP contribution in [0.15, 0.2) is 58.6 Å². The Labute approximate surface area is 187 Å². The first-order chi connectivity index (χ1) is 15.2. The number of esters is 1. The third-order valence-corrected chi connectivity index (χ3v) is 6.88. The van der Waals surface area contributed by atoms with Crippen LogP contribution in [-0.4, -0.2) is 39.9 Å². The van der Waals surface area contributed by atoms with Crippen molar-refractivity contribution < 1.29 is 27.5 Å². The number of hydrogen-bond donors (Lipinski definition) is 2. The number of nitrogens with one attached hydrogen (secondary N) is 2. The summed E-state index contributed by atoms with van der Waals surface area (Å²) in [6.07, 6.45) is 0. The second kappa shape index (κ2) is 9.44. The van der Waals surface area contributed by atoms with Crippen molar-refractivity contribution in [2.75, 3.05) is 19.5 Å². The molecule has 3 rings (SSSR count). The van der Waals surface area contributed by atoms with Crippen LogP contribution in [0, 0.1) is 13.8 Å². The molecule has 2 amide bonds. The lowest BCUT2D eigenvalue weighted by atomic mass is 9.95. The van der Waals surface area contributed by atoms with Crippen molar-refractivity contribution in [3.63, 3.8) is 0 Å². The van der Waals surface area contributed by atoms with E-state index >= 15 is 0 Å². The molecular formula is C23H26N2O6S. The third kappa shape index (κ3) is 4.94. The van der Waals surface area contributed by atoms with Crippen molar-refractivity contribution in [1.29, 1.82) is 0 Å². The largest absolute Gasteiger partial charge is 0.494 e. The highest BCUT2D eigenvalue weighted by Crippen LogP contribution is 2.30. The summed E-state index contributed by atoms with van der Waals surface area (Å²) in [7, 11) is -2.65. The van der Waals surface area contributed by atoms with Crippen LogP contribution in [0.5, 0.6) is 5.75 Å². The Morgan fingerprint density at radius 3 is 2.41 bits per heavy atom. The fourth-order valence-corrected chi connectivity index (χ4v) is 5.25. The molecule has 2 aromatic rings. The van der Waals surface area contributed by atoms with Gasteiger partial charge >= 0.3 is 12.0 Å². The third-order valence-electron chi connectivity index (χ3n) is 5.10. The number of carbonyl (C=O) groups is 2. The van der Waals surface area contributed by atoms with Gasteiger partial charge in [0.25, 0.3) is 0 Å². The molecule has 0 aliphatic carbocycles. The lowest BCUT2D eigenvalue weighted by Gasteiger charge is -2.29. The second-order valence-corrected chi connectivity index (χ2v) is 9.40. The molecule has 170 valence electrons. The molecule has 9 heteroatoms. The number of benzene rings is 2.